The van der Waals surface area contributed by atoms with Crippen molar-refractivity contribution in [2.45, 2.75) is 6.54 Å². The zero-order chi connectivity index (χ0) is 36.7. The van der Waals surface area contributed by atoms with E-state index in [0.717, 1.165) is 60.5 Å². The zero-order valence-electron chi connectivity index (χ0n) is 30.0. The Hall–Kier alpha value is -7.30. The van der Waals surface area contributed by atoms with Gasteiger partial charge in [-0.1, -0.05) is 152 Å². The largest absolute Gasteiger partial charge is 0.456 e. The minimum atomic E-state index is 0.376. The molecule has 10 aromatic rings. The molecular weight excluding hydrogens is 671 g/mol. The molecule has 10 rings (SSSR count). The van der Waals surface area contributed by atoms with E-state index in [-0.39, 0.29) is 0 Å². The second-order valence-electron chi connectivity index (χ2n) is 14.0. The summed E-state index contributed by atoms with van der Waals surface area (Å²) in [6.45, 7) is 0.447. The third-order valence-electron chi connectivity index (χ3n) is 10.5. The molecule has 0 radical (unpaired) electrons. The fourth-order valence-corrected chi connectivity index (χ4v) is 7.74. The third-order valence-corrected chi connectivity index (χ3v) is 10.5. The molecule has 55 heavy (non-hydrogen) atoms. The van der Waals surface area contributed by atoms with Gasteiger partial charge in [-0.05, 0) is 96.5 Å². The number of hydrogen-bond donors (Lipinski definition) is 1. The third kappa shape index (κ3) is 6.10. The van der Waals surface area contributed by atoms with E-state index in [0.29, 0.717) is 18.2 Å². The molecule has 260 valence electrons. The monoisotopic (exact) mass is 705 g/mol. The average Bonchev–Trinajstić information content (AvgIpc) is 3.63. The van der Waals surface area contributed by atoms with Crippen molar-refractivity contribution in [3.05, 3.63) is 205 Å². The number of fused-ring (bicyclic) bond motifs is 7. The molecule has 0 amide bonds. The number of hydrogen-bond acceptors (Lipinski definition) is 2. The summed E-state index contributed by atoms with van der Waals surface area (Å²) >= 11 is 0. The van der Waals surface area contributed by atoms with Crippen molar-refractivity contribution < 1.29 is 4.42 Å². The molecule has 0 atom stereocenters. The Balaban J connectivity index is 1.08. The van der Waals surface area contributed by atoms with Gasteiger partial charge in [0, 0.05) is 21.9 Å². The van der Waals surface area contributed by atoms with Crippen LogP contribution in [0.15, 0.2) is 202 Å². The van der Waals surface area contributed by atoms with Crippen LogP contribution < -0.4 is 5.73 Å². The molecule has 0 saturated carbocycles. The Kier molecular flexibility index (Phi) is 8.00. The van der Waals surface area contributed by atoms with E-state index in [1.165, 1.54) is 32.7 Å². The zero-order valence-corrected chi connectivity index (χ0v) is 30.0. The molecule has 1 aromatic heterocycles. The van der Waals surface area contributed by atoms with Crippen LogP contribution in [-0.4, -0.2) is 11.7 Å². The number of furan rings is 1. The summed E-state index contributed by atoms with van der Waals surface area (Å²) in [5, 5.41) is 9.06. The molecule has 0 spiro atoms. The first-order valence-corrected chi connectivity index (χ1v) is 18.5. The Morgan fingerprint density at radius 1 is 0.455 bits per heavy atom. The summed E-state index contributed by atoms with van der Waals surface area (Å²) < 4.78 is 6.40. The highest BCUT2D eigenvalue weighted by Gasteiger charge is 2.16. The number of amidine groups is 2. The smallest absolute Gasteiger partial charge is 0.157 e. The van der Waals surface area contributed by atoms with Gasteiger partial charge < -0.3 is 10.2 Å². The van der Waals surface area contributed by atoms with Gasteiger partial charge in [0.1, 0.15) is 17.0 Å². The summed E-state index contributed by atoms with van der Waals surface area (Å²) in [6.07, 6.45) is 0. The second kappa shape index (κ2) is 13.6. The topological polar surface area (TPSA) is 63.9 Å². The van der Waals surface area contributed by atoms with Crippen LogP contribution in [0.1, 0.15) is 16.7 Å². The van der Waals surface area contributed by atoms with Gasteiger partial charge in [-0.25, -0.2) is 4.99 Å². The van der Waals surface area contributed by atoms with Gasteiger partial charge in [0.25, 0.3) is 0 Å². The predicted molar refractivity (Wildman–Crippen MR) is 231 cm³/mol. The fraction of sp³-hybridized carbons (Fsp3) is 0.0196. The van der Waals surface area contributed by atoms with Crippen molar-refractivity contribution in [2.24, 2.45) is 15.7 Å². The molecule has 0 unspecified atom stereocenters. The SMILES string of the molecule is N/C(=N\C(=N/Cc1ccc2ccc3ccccc3c2c1)c1ccc2ccccc2c1)c1cccc2oc3ccc(-c4cccc(-c5ccccc5)c4)cc3c12. The Morgan fingerprint density at radius 3 is 2.00 bits per heavy atom. The van der Waals surface area contributed by atoms with E-state index in [1.54, 1.807) is 0 Å². The lowest BCUT2D eigenvalue weighted by molar-refractivity contribution is 0.669. The molecule has 4 nitrogen and oxygen atoms in total. The van der Waals surface area contributed by atoms with Gasteiger partial charge in [-0.2, -0.15) is 0 Å². The van der Waals surface area contributed by atoms with Gasteiger partial charge in [-0.15, -0.1) is 0 Å². The maximum Gasteiger partial charge on any atom is 0.157 e. The quantitative estimate of drug-likeness (QED) is 0.106. The molecule has 9 aromatic carbocycles. The van der Waals surface area contributed by atoms with Gasteiger partial charge in [0.2, 0.25) is 0 Å². The number of nitrogens with zero attached hydrogens (tertiary/aromatic N) is 2. The average molecular weight is 706 g/mol. The number of nitrogens with two attached hydrogens (primary N) is 1. The maximum absolute atomic E-state index is 7.03. The lowest BCUT2D eigenvalue weighted by Crippen LogP contribution is -2.17. The molecule has 0 fully saturated rings. The van der Waals surface area contributed by atoms with Crippen LogP contribution in [0.5, 0.6) is 0 Å². The van der Waals surface area contributed by atoms with Crippen LogP contribution in [0.4, 0.5) is 0 Å². The Labute approximate surface area is 318 Å². The molecule has 0 saturated heterocycles. The molecule has 2 N–H and O–H groups in total. The van der Waals surface area contributed by atoms with E-state index in [4.69, 9.17) is 20.1 Å². The highest BCUT2D eigenvalue weighted by atomic mass is 16.3. The van der Waals surface area contributed by atoms with Crippen LogP contribution in [0, 0.1) is 0 Å². The summed E-state index contributed by atoms with van der Waals surface area (Å²) in [5.74, 6) is 0.950. The molecular formula is C51H35N3O. The maximum atomic E-state index is 7.03. The van der Waals surface area contributed by atoms with Gasteiger partial charge >= 0.3 is 0 Å². The van der Waals surface area contributed by atoms with Crippen molar-refractivity contribution in [2.75, 3.05) is 0 Å². The van der Waals surface area contributed by atoms with Gasteiger partial charge in [0.05, 0.1) is 6.54 Å². The summed E-state index contributed by atoms with van der Waals surface area (Å²) in [4.78, 5) is 10.3. The fourth-order valence-electron chi connectivity index (χ4n) is 7.74. The highest BCUT2D eigenvalue weighted by molar-refractivity contribution is 6.21. The van der Waals surface area contributed by atoms with Gasteiger partial charge in [0.15, 0.2) is 5.84 Å². The van der Waals surface area contributed by atoms with Crippen molar-refractivity contribution >= 4 is 65.9 Å². The molecule has 0 aliphatic carbocycles. The molecule has 0 aliphatic rings. The summed E-state index contributed by atoms with van der Waals surface area (Å²) in [7, 11) is 0. The van der Waals surface area contributed by atoms with E-state index >= 15 is 0 Å². The van der Waals surface area contributed by atoms with E-state index in [1.807, 2.05) is 30.3 Å². The van der Waals surface area contributed by atoms with E-state index in [2.05, 4.69) is 158 Å². The Morgan fingerprint density at radius 2 is 1.13 bits per heavy atom. The lowest BCUT2D eigenvalue weighted by Gasteiger charge is -2.09. The first kappa shape index (κ1) is 32.4. The Bertz CT molecular complexity index is 3140. The lowest BCUT2D eigenvalue weighted by atomic mass is 9.97. The van der Waals surface area contributed by atoms with Crippen LogP contribution in [0.25, 0.3) is 76.5 Å². The van der Waals surface area contributed by atoms with Crippen molar-refractivity contribution in [3.63, 3.8) is 0 Å². The highest BCUT2D eigenvalue weighted by Crippen LogP contribution is 2.36. The molecule has 1 heterocycles. The van der Waals surface area contributed by atoms with Crippen LogP contribution in [-0.2, 0) is 6.54 Å². The van der Waals surface area contributed by atoms with Crippen LogP contribution >= 0.6 is 0 Å². The van der Waals surface area contributed by atoms with Gasteiger partial charge in [-0.3, -0.25) is 4.99 Å². The summed E-state index contributed by atoms with van der Waals surface area (Å²) in [5.41, 5.74) is 16.0. The molecule has 0 aliphatic heterocycles. The number of rotatable bonds is 6. The minimum absolute atomic E-state index is 0.376. The van der Waals surface area contributed by atoms with E-state index in [9.17, 15) is 0 Å². The molecule has 0 bridgehead atoms. The van der Waals surface area contributed by atoms with Crippen molar-refractivity contribution in [1.82, 2.24) is 0 Å². The summed E-state index contributed by atoms with van der Waals surface area (Å²) in [6, 6.07) is 65.6. The van der Waals surface area contributed by atoms with E-state index < -0.39 is 0 Å². The van der Waals surface area contributed by atoms with Crippen LogP contribution in [0.2, 0.25) is 0 Å². The minimum Gasteiger partial charge on any atom is -0.456 e. The van der Waals surface area contributed by atoms with Crippen molar-refractivity contribution in [1.29, 1.82) is 0 Å². The van der Waals surface area contributed by atoms with Crippen LogP contribution in [0.3, 0.4) is 0 Å². The molecule has 4 heteroatoms. The second-order valence-corrected chi connectivity index (χ2v) is 14.0. The predicted octanol–water partition coefficient (Wildman–Crippen LogP) is 12.7. The first-order valence-electron chi connectivity index (χ1n) is 18.5. The van der Waals surface area contributed by atoms with Crippen molar-refractivity contribution in [3.8, 4) is 22.3 Å². The first-order chi connectivity index (χ1) is 27.1. The number of aliphatic imine (C=N–C) groups is 2. The standard InChI is InChI=1S/C51H35N3O/c52-50(44-18-9-19-48-49(44)46-31-41(26-27-47(46)55-48)40-16-8-15-39(29-40)34-10-2-1-3-11-34)54-51(42-25-22-35-12-4-5-14-38(35)30-42)53-32-33-20-21-37-24-23-36-13-6-7-17-43(36)45(37)28-33/h1-31H,32H2,(H2,52,53,54). The number of benzene rings is 9. The normalized spacial score (nSPS) is 12.4.